The van der Waals surface area contributed by atoms with Crippen LogP contribution in [0.5, 0.6) is 0 Å². The molecule has 2 aliphatic rings. The summed E-state index contributed by atoms with van der Waals surface area (Å²) >= 11 is 0. The summed E-state index contributed by atoms with van der Waals surface area (Å²) < 4.78 is 7.05. The van der Waals surface area contributed by atoms with Crippen molar-refractivity contribution >= 4 is 5.91 Å². The molecule has 2 fully saturated rings. The topological polar surface area (TPSA) is 76.4 Å². The van der Waals surface area contributed by atoms with Gasteiger partial charge < -0.3 is 15.2 Å². The van der Waals surface area contributed by atoms with Gasteiger partial charge in [0, 0.05) is 25.8 Å². The van der Waals surface area contributed by atoms with Crippen LogP contribution in [0, 0.1) is 0 Å². The number of carbonyl (C=O) groups excluding carboxylic acids is 1. The van der Waals surface area contributed by atoms with Crippen LogP contribution < -0.4 is 5.32 Å². The molecule has 1 saturated carbocycles. The van der Waals surface area contributed by atoms with Gasteiger partial charge in [-0.1, -0.05) is 12.8 Å². The van der Waals surface area contributed by atoms with Crippen LogP contribution in [0.4, 0.5) is 0 Å². The van der Waals surface area contributed by atoms with Crippen LogP contribution in [0.3, 0.4) is 0 Å². The quantitative estimate of drug-likeness (QED) is 0.858. The molecule has 3 rings (SSSR count). The normalized spacial score (nSPS) is 27.1. The first-order valence-corrected chi connectivity index (χ1v) is 7.30. The Morgan fingerprint density at radius 1 is 1.55 bits per heavy atom. The van der Waals surface area contributed by atoms with E-state index >= 15 is 0 Å². The first-order valence-electron chi connectivity index (χ1n) is 7.30. The van der Waals surface area contributed by atoms with E-state index in [1.165, 1.54) is 12.8 Å². The van der Waals surface area contributed by atoms with Gasteiger partial charge in [0.2, 0.25) is 0 Å². The molecule has 1 unspecified atom stereocenters. The molecule has 1 aromatic rings. The predicted octanol–water partition coefficient (Wildman–Crippen LogP) is 0.879. The first-order chi connectivity index (χ1) is 9.66. The van der Waals surface area contributed by atoms with E-state index in [4.69, 9.17) is 4.74 Å². The molecule has 20 heavy (non-hydrogen) atoms. The smallest absolute Gasteiger partial charge is 0.271 e. The zero-order valence-corrected chi connectivity index (χ0v) is 11.5. The van der Waals surface area contributed by atoms with Crippen LogP contribution in [0.1, 0.15) is 48.6 Å². The average molecular weight is 279 g/mol. The minimum atomic E-state index is -0.927. The average Bonchev–Trinajstić information content (AvgIpc) is 3.16. The van der Waals surface area contributed by atoms with Gasteiger partial charge in [0.15, 0.2) is 0 Å². The highest BCUT2D eigenvalue weighted by Gasteiger charge is 2.32. The molecule has 110 valence electrons. The summed E-state index contributed by atoms with van der Waals surface area (Å²) in [6.45, 7) is 1.04. The van der Waals surface area contributed by atoms with Crippen LogP contribution in [-0.4, -0.2) is 46.2 Å². The van der Waals surface area contributed by atoms with Gasteiger partial charge >= 0.3 is 0 Å². The zero-order chi connectivity index (χ0) is 14.0. The molecule has 0 spiro atoms. The number of nitrogens with zero attached hydrogens (tertiary/aromatic N) is 2. The Hall–Kier alpha value is -1.40. The molecule has 1 aliphatic heterocycles. The third-order valence-corrected chi connectivity index (χ3v) is 4.20. The summed E-state index contributed by atoms with van der Waals surface area (Å²) in [6, 6.07) is 2.17. The second-order valence-corrected chi connectivity index (χ2v) is 5.83. The third-order valence-electron chi connectivity index (χ3n) is 4.20. The monoisotopic (exact) mass is 279 g/mol. The number of rotatable bonds is 4. The summed E-state index contributed by atoms with van der Waals surface area (Å²) in [7, 11) is 0. The molecule has 1 aliphatic carbocycles. The fraction of sp³-hybridized carbons (Fsp3) is 0.714. The summed E-state index contributed by atoms with van der Waals surface area (Å²) in [5, 5.41) is 17.2. The Morgan fingerprint density at radius 2 is 2.35 bits per heavy atom. The fourth-order valence-corrected chi connectivity index (χ4v) is 2.90. The minimum absolute atomic E-state index is 0.210. The van der Waals surface area contributed by atoms with Gasteiger partial charge in [-0.2, -0.15) is 5.10 Å². The second kappa shape index (κ2) is 5.54. The van der Waals surface area contributed by atoms with Crippen molar-refractivity contribution in [3.05, 3.63) is 18.0 Å². The number of ether oxygens (including phenoxy) is 1. The van der Waals surface area contributed by atoms with Crippen LogP contribution in [0.2, 0.25) is 0 Å². The number of nitrogens with one attached hydrogen (secondary N) is 1. The van der Waals surface area contributed by atoms with E-state index in [1.807, 2.05) is 10.9 Å². The Bertz CT molecular complexity index is 474. The number of carbonyl (C=O) groups is 1. The lowest BCUT2D eigenvalue weighted by atomic mass is 10.0. The van der Waals surface area contributed by atoms with Crippen molar-refractivity contribution in [2.75, 3.05) is 19.8 Å². The summed E-state index contributed by atoms with van der Waals surface area (Å²) in [4.78, 5) is 12.0. The van der Waals surface area contributed by atoms with Crippen molar-refractivity contribution < 1.29 is 14.6 Å². The van der Waals surface area contributed by atoms with Crippen LogP contribution >= 0.6 is 0 Å². The summed E-state index contributed by atoms with van der Waals surface area (Å²) in [6.07, 6.45) is 7.18. The van der Waals surface area contributed by atoms with Gasteiger partial charge in [-0.05, 0) is 18.9 Å². The van der Waals surface area contributed by atoms with E-state index in [2.05, 4.69) is 10.4 Å². The van der Waals surface area contributed by atoms with Crippen molar-refractivity contribution in [2.24, 2.45) is 0 Å². The molecule has 6 nitrogen and oxygen atoms in total. The molecule has 1 aromatic heterocycles. The molecule has 1 atom stereocenters. The van der Waals surface area contributed by atoms with Gasteiger partial charge in [-0.25, -0.2) is 0 Å². The molecule has 1 amide bonds. The molecule has 2 heterocycles. The van der Waals surface area contributed by atoms with E-state index in [0.717, 1.165) is 12.8 Å². The van der Waals surface area contributed by atoms with Crippen molar-refractivity contribution in [3.8, 4) is 0 Å². The number of amides is 1. The Balaban J connectivity index is 1.57. The van der Waals surface area contributed by atoms with Crippen molar-refractivity contribution in [1.29, 1.82) is 0 Å². The lowest BCUT2D eigenvalue weighted by molar-refractivity contribution is 0.0264. The molecular formula is C14H21N3O3. The number of hydrogen-bond acceptors (Lipinski definition) is 4. The van der Waals surface area contributed by atoms with Crippen LogP contribution in [0.15, 0.2) is 12.3 Å². The van der Waals surface area contributed by atoms with Gasteiger partial charge in [-0.3, -0.25) is 9.48 Å². The van der Waals surface area contributed by atoms with E-state index in [0.29, 0.717) is 24.8 Å². The lowest BCUT2D eigenvalue weighted by Gasteiger charge is -2.20. The molecule has 6 heteroatoms. The van der Waals surface area contributed by atoms with E-state index in [-0.39, 0.29) is 19.1 Å². The Kier molecular flexibility index (Phi) is 3.76. The maximum atomic E-state index is 12.0. The lowest BCUT2D eigenvalue weighted by Crippen LogP contribution is -2.43. The van der Waals surface area contributed by atoms with E-state index in [9.17, 15) is 9.90 Å². The SMILES string of the molecule is O=C(NCC1(O)CCOC1)c1ccn(C2CCCC2)n1. The highest BCUT2D eigenvalue weighted by atomic mass is 16.5. The van der Waals surface area contributed by atoms with Crippen LogP contribution in [-0.2, 0) is 4.74 Å². The molecule has 0 aromatic carbocycles. The second-order valence-electron chi connectivity index (χ2n) is 5.83. The maximum absolute atomic E-state index is 12.0. The summed E-state index contributed by atoms with van der Waals surface area (Å²) in [5.41, 5.74) is -0.511. The zero-order valence-electron chi connectivity index (χ0n) is 11.5. The number of hydrogen-bond donors (Lipinski definition) is 2. The first kappa shape index (κ1) is 13.6. The van der Waals surface area contributed by atoms with Crippen molar-refractivity contribution in [2.45, 2.75) is 43.7 Å². The largest absolute Gasteiger partial charge is 0.386 e. The molecular weight excluding hydrogens is 258 g/mol. The highest BCUT2D eigenvalue weighted by Crippen LogP contribution is 2.28. The minimum Gasteiger partial charge on any atom is -0.386 e. The highest BCUT2D eigenvalue weighted by molar-refractivity contribution is 5.92. The maximum Gasteiger partial charge on any atom is 0.271 e. The van der Waals surface area contributed by atoms with Crippen LogP contribution in [0.25, 0.3) is 0 Å². The molecule has 0 radical (unpaired) electrons. The van der Waals surface area contributed by atoms with Crippen molar-refractivity contribution in [3.63, 3.8) is 0 Å². The Labute approximate surface area is 118 Å². The van der Waals surface area contributed by atoms with E-state index in [1.54, 1.807) is 6.07 Å². The third kappa shape index (κ3) is 2.86. The van der Waals surface area contributed by atoms with Crippen molar-refractivity contribution in [1.82, 2.24) is 15.1 Å². The number of aromatic nitrogens is 2. The molecule has 1 saturated heterocycles. The fourth-order valence-electron chi connectivity index (χ4n) is 2.90. The standard InChI is InChI=1S/C14H21N3O3/c18-13(15-9-14(19)6-8-20-10-14)12-5-7-17(16-12)11-3-1-2-4-11/h5,7,11,19H,1-4,6,8-10H2,(H,15,18). The molecule has 2 N–H and O–H groups in total. The molecule has 0 bridgehead atoms. The van der Waals surface area contributed by atoms with Gasteiger partial charge in [0.1, 0.15) is 11.3 Å². The Morgan fingerprint density at radius 3 is 3.05 bits per heavy atom. The van der Waals surface area contributed by atoms with Gasteiger partial charge in [0.25, 0.3) is 5.91 Å². The van der Waals surface area contributed by atoms with Gasteiger partial charge in [0.05, 0.1) is 12.6 Å². The number of aliphatic hydroxyl groups is 1. The van der Waals surface area contributed by atoms with Gasteiger partial charge in [-0.15, -0.1) is 0 Å². The predicted molar refractivity (Wildman–Crippen MR) is 72.5 cm³/mol. The van der Waals surface area contributed by atoms with E-state index < -0.39 is 5.60 Å². The summed E-state index contributed by atoms with van der Waals surface area (Å²) in [5.74, 6) is -0.234.